The summed E-state index contributed by atoms with van der Waals surface area (Å²) in [6.07, 6.45) is 11.1. The minimum Gasteiger partial charge on any atom is -0.376 e. The van der Waals surface area contributed by atoms with Crippen molar-refractivity contribution < 1.29 is 9.47 Å². The summed E-state index contributed by atoms with van der Waals surface area (Å²) in [6, 6.07) is 2.10. The Morgan fingerprint density at radius 3 is 2.89 bits per heavy atom. The van der Waals surface area contributed by atoms with Gasteiger partial charge in [-0.15, -0.1) is 0 Å². The third-order valence-corrected chi connectivity index (χ3v) is 5.56. The number of hydrogen-bond donors (Lipinski definition) is 1. The molecular formula is C21H34N4O2. The zero-order valence-corrected chi connectivity index (χ0v) is 16.8. The van der Waals surface area contributed by atoms with Crippen LogP contribution in [-0.4, -0.2) is 67.9 Å². The number of aryl methyl sites for hydroxylation is 1. The second-order valence-corrected chi connectivity index (χ2v) is 7.53. The number of aliphatic imine (C=N–C) groups is 1. The van der Waals surface area contributed by atoms with Crippen LogP contribution < -0.4 is 5.32 Å². The van der Waals surface area contributed by atoms with Crippen LogP contribution in [0.4, 0.5) is 0 Å². The van der Waals surface area contributed by atoms with E-state index in [4.69, 9.17) is 9.47 Å². The summed E-state index contributed by atoms with van der Waals surface area (Å²) in [5.74, 6) is 0.996. The number of rotatable bonds is 6. The van der Waals surface area contributed by atoms with E-state index >= 15 is 0 Å². The molecule has 0 bridgehead atoms. The summed E-state index contributed by atoms with van der Waals surface area (Å²) in [5.41, 5.74) is 2.58. The van der Waals surface area contributed by atoms with E-state index in [0.717, 1.165) is 64.5 Å². The first-order chi connectivity index (χ1) is 13.3. The zero-order valence-electron chi connectivity index (χ0n) is 16.8. The van der Waals surface area contributed by atoms with E-state index in [1.54, 1.807) is 0 Å². The Kier molecular flexibility index (Phi) is 7.90. The van der Waals surface area contributed by atoms with E-state index in [0.29, 0.717) is 12.2 Å². The first-order valence-corrected chi connectivity index (χ1v) is 10.3. The number of nitrogens with zero attached hydrogens (tertiary/aromatic N) is 3. The molecule has 1 atom stereocenters. The highest BCUT2D eigenvalue weighted by Crippen LogP contribution is 2.18. The van der Waals surface area contributed by atoms with Crippen molar-refractivity contribution in [1.82, 2.24) is 15.2 Å². The molecule has 0 aromatic carbocycles. The molecule has 150 valence electrons. The van der Waals surface area contributed by atoms with E-state index in [1.807, 2.05) is 19.4 Å². The minimum atomic E-state index is 0.308. The largest absolute Gasteiger partial charge is 0.376 e. The molecule has 0 amide bonds. The lowest BCUT2D eigenvalue weighted by Gasteiger charge is -2.35. The minimum absolute atomic E-state index is 0.308. The molecule has 2 aliphatic heterocycles. The van der Waals surface area contributed by atoms with Crippen molar-refractivity contribution in [3.05, 3.63) is 29.6 Å². The molecule has 1 N–H and O–H groups in total. The van der Waals surface area contributed by atoms with Crippen LogP contribution in [-0.2, 0) is 15.9 Å². The number of aromatic nitrogens is 1. The topological polar surface area (TPSA) is 59.0 Å². The molecule has 0 aliphatic carbocycles. The molecule has 1 unspecified atom stereocenters. The Morgan fingerprint density at radius 1 is 1.33 bits per heavy atom. The normalized spacial score (nSPS) is 22.1. The van der Waals surface area contributed by atoms with Gasteiger partial charge in [0.2, 0.25) is 0 Å². The second-order valence-electron chi connectivity index (χ2n) is 7.53. The Bertz CT molecular complexity index is 594. The van der Waals surface area contributed by atoms with Crippen LogP contribution in [0, 0.1) is 6.92 Å². The molecule has 3 heterocycles. The predicted octanol–water partition coefficient (Wildman–Crippen LogP) is 2.56. The number of likely N-dealkylation sites (tertiary alicyclic amines) is 1. The Hall–Kier alpha value is -1.66. The zero-order chi connectivity index (χ0) is 18.9. The monoisotopic (exact) mass is 374 g/mol. The first-order valence-electron chi connectivity index (χ1n) is 10.3. The van der Waals surface area contributed by atoms with Gasteiger partial charge in [-0.05, 0) is 62.6 Å². The number of hydrogen-bond acceptors (Lipinski definition) is 4. The Morgan fingerprint density at radius 2 is 2.19 bits per heavy atom. The fourth-order valence-corrected chi connectivity index (χ4v) is 3.84. The number of nitrogens with one attached hydrogen (secondary N) is 1. The third-order valence-electron chi connectivity index (χ3n) is 5.56. The van der Waals surface area contributed by atoms with Crippen molar-refractivity contribution in [3.63, 3.8) is 0 Å². The van der Waals surface area contributed by atoms with Gasteiger partial charge in [0.1, 0.15) is 0 Å². The van der Waals surface area contributed by atoms with Crippen molar-refractivity contribution in [3.8, 4) is 0 Å². The second kappa shape index (κ2) is 10.6. The van der Waals surface area contributed by atoms with E-state index in [-0.39, 0.29) is 0 Å². The lowest BCUT2D eigenvalue weighted by molar-refractivity contribution is -0.0721. The average molecular weight is 375 g/mol. The van der Waals surface area contributed by atoms with E-state index < -0.39 is 0 Å². The molecule has 3 rings (SSSR count). The van der Waals surface area contributed by atoms with Crippen LogP contribution >= 0.6 is 0 Å². The van der Waals surface area contributed by atoms with Crippen LogP contribution in [0.15, 0.2) is 23.5 Å². The van der Waals surface area contributed by atoms with Gasteiger partial charge in [0.15, 0.2) is 5.96 Å². The Labute approximate surface area is 163 Å². The average Bonchev–Trinajstić information content (AvgIpc) is 2.72. The molecule has 6 nitrogen and oxygen atoms in total. The van der Waals surface area contributed by atoms with Gasteiger partial charge >= 0.3 is 0 Å². The van der Waals surface area contributed by atoms with Gasteiger partial charge in [-0.2, -0.15) is 0 Å². The van der Waals surface area contributed by atoms with Gasteiger partial charge in [-0.25, -0.2) is 0 Å². The van der Waals surface area contributed by atoms with Crippen molar-refractivity contribution in [2.45, 2.75) is 57.7 Å². The van der Waals surface area contributed by atoms with Crippen molar-refractivity contribution in [2.24, 2.45) is 4.99 Å². The number of guanidine groups is 1. The maximum Gasteiger partial charge on any atom is 0.193 e. The highest BCUT2D eigenvalue weighted by molar-refractivity contribution is 5.79. The first kappa shape index (κ1) is 20.1. The van der Waals surface area contributed by atoms with E-state index in [2.05, 4.69) is 33.2 Å². The molecule has 0 radical (unpaired) electrons. The summed E-state index contributed by atoms with van der Waals surface area (Å²) in [7, 11) is 1.86. The van der Waals surface area contributed by atoms with Gasteiger partial charge in [0, 0.05) is 45.7 Å². The third kappa shape index (κ3) is 6.18. The van der Waals surface area contributed by atoms with Crippen molar-refractivity contribution in [2.75, 3.05) is 39.9 Å². The fourth-order valence-electron chi connectivity index (χ4n) is 3.84. The maximum absolute atomic E-state index is 6.12. The number of pyridine rings is 1. The molecule has 1 aromatic rings. The summed E-state index contributed by atoms with van der Waals surface area (Å²) < 4.78 is 11.9. The lowest BCUT2D eigenvalue weighted by atomic mass is 10.1. The summed E-state index contributed by atoms with van der Waals surface area (Å²) in [5, 5.41) is 3.51. The summed E-state index contributed by atoms with van der Waals surface area (Å²) in [6.45, 7) is 6.62. The van der Waals surface area contributed by atoms with Crippen LogP contribution in [0.1, 0.15) is 43.2 Å². The van der Waals surface area contributed by atoms with E-state index in [9.17, 15) is 0 Å². The molecule has 2 fully saturated rings. The van der Waals surface area contributed by atoms with Crippen molar-refractivity contribution in [1.29, 1.82) is 0 Å². The van der Waals surface area contributed by atoms with E-state index in [1.165, 1.54) is 24.0 Å². The molecule has 0 saturated carbocycles. The van der Waals surface area contributed by atoms with Crippen LogP contribution in [0.2, 0.25) is 0 Å². The molecule has 2 aliphatic rings. The number of ether oxygens (including phenoxy) is 2. The molecule has 27 heavy (non-hydrogen) atoms. The van der Waals surface area contributed by atoms with Crippen molar-refractivity contribution >= 4 is 5.96 Å². The van der Waals surface area contributed by atoms with Crippen LogP contribution in [0.5, 0.6) is 0 Å². The maximum atomic E-state index is 6.12. The molecule has 2 saturated heterocycles. The Balaban J connectivity index is 1.36. The summed E-state index contributed by atoms with van der Waals surface area (Å²) in [4.78, 5) is 11.0. The SMILES string of the molecule is CN=C(NCCc1ccncc1C)N1CCC(OCC2CCCCO2)CC1. The highest BCUT2D eigenvalue weighted by Gasteiger charge is 2.23. The molecular weight excluding hydrogens is 340 g/mol. The molecule has 0 spiro atoms. The van der Waals surface area contributed by atoms with Crippen LogP contribution in [0.25, 0.3) is 0 Å². The van der Waals surface area contributed by atoms with Gasteiger partial charge in [0.05, 0.1) is 18.8 Å². The molecule has 1 aromatic heterocycles. The van der Waals surface area contributed by atoms with Gasteiger partial charge in [-0.1, -0.05) is 0 Å². The van der Waals surface area contributed by atoms with Crippen LogP contribution in [0.3, 0.4) is 0 Å². The fraction of sp³-hybridized carbons (Fsp3) is 0.714. The van der Waals surface area contributed by atoms with Gasteiger partial charge < -0.3 is 19.7 Å². The predicted molar refractivity (Wildman–Crippen MR) is 108 cm³/mol. The van der Waals surface area contributed by atoms with Gasteiger partial charge in [-0.3, -0.25) is 9.98 Å². The highest BCUT2D eigenvalue weighted by atomic mass is 16.5. The smallest absolute Gasteiger partial charge is 0.193 e. The number of piperidine rings is 1. The van der Waals surface area contributed by atoms with Gasteiger partial charge in [0.25, 0.3) is 0 Å². The lowest BCUT2D eigenvalue weighted by Crippen LogP contribution is -2.47. The quantitative estimate of drug-likeness (QED) is 0.613. The summed E-state index contributed by atoms with van der Waals surface area (Å²) >= 11 is 0. The molecule has 6 heteroatoms. The standard InChI is InChI=1S/C21H34N4O2/c1-17-15-23-10-6-18(17)7-11-24-21(22-2)25-12-8-19(9-13-25)27-16-20-5-3-4-14-26-20/h6,10,15,19-20H,3-5,7-9,11-14,16H2,1-2H3,(H,22,24).